The second-order valence-electron chi connectivity index (χ2n) is 5.66. The van der Waals surface area contributed by atoms with Crippen molar-refractivity contribution in [1.82, 2.24) is 10.2 Å². The lowest BCUT2D eigenvalue weighted by Crippen LogP contribution is -2.40. The number of hydrogen-bond acceptors (Lipinski definition) is 3. The number of hydrogen-bond donors (Lipinski definition) is 2. The molecule has 0 aliphatic carbocycles. The van der Waals surface area contributed by atoms with E-state index in [-0.39, 0.29) is 17.9 Å². The highest BCUT2D eigenvalue weighted by Crippen LogP contribution is 2.32. The van der Waals surface area contributed by atoms with Crippen molar-refractivity contribution in [2.75, 3.05) is 20.1 Å². The molecule has 0 saturated carbocycles. The first-order valence-electron chi connectivity index (χ1n) is 7.28. The molecule has 1 fully saturated rings. The molecule has 1 aromatic carbocycles. The van der Waals surface area contributed by atoms with Crippen molar-refractivity contribution in [3.8, 4) is 5.75 Å². The number of aromatic hydroxyl groups is 1. The largest absolute Gasteiger partial charge is 0.508 e. The normalized spacial score (nSPS) is 18.8. The van der Waals surface area contributed by atoms with E-state index in [0.717, 1.165) is 37.1 Å². The molecule has 0 aromatic heterocycles. The molecule has 0 spiro atoms. The van der Waals surface area contributed by atoms with Crippen LogP contribution in [0.3, 0.4) is 0 Å². The van der Waals surface area contributed by atoms with Crippen LogP contribution in [0, 0.1) is 12.8 Å². The molecule has 1 aliphatic heterocycles. The van der Waals surface area contributed by atoms with Crippen LogP contribution < -0.4 is 5.32 Å². The van der Waals surface area contributed by atoms with Crippen LogP contribution in [-0.4, -0.2) is 36.1 Å². The average Bonchev–Trinajstić information content (AvgIpc) is 2.48. The van der Waals surface area contributed by atoms with Crippen molar-refractivity contribution in [1.29, 1.82) is 0 Å². The zero-order valence-electron chi connectivity index (χ0n) is 12.5. The number of benzene rings is 1. The zero-order valence-corrected chi connectivity index (χ0v) is 12.5. The monoisotopic (exact) mass is 276 g/mol. The maximum Gasteiger partial charge on any atom is 0.222 e. The van der Waals surface area contributed by atoms with Crippen molar-refractivity contribution >= 4 is 5.91 Å². The summed E-state index contributed by atoms with van der Waals surface area (Å²) >= 11 is 0. The Bertz CT molecular complexity index is 479. The minimum absolute atomic E-state index is 0.134. The van der Waals surface area contributed by atoms with Gasteiger partial charge in [-0.2, -0.15) is 0 Å². The van der Waals surface area contributed by atoms with Crippen LogP contribution in [0.4, 0.5) is 0 Å². The second-order valence-corrected chi connectivity index (χ2v) is 5.66. The highest BCUT2D eigenvalue weighted by molar-refractivity contribution is 5.78. The molecule has 1 unspecified atom stereocenters. The van der Waals surface area contributed by atoms with Gasteiger partial charge < -0.3 is 10.4 Å². The lowest BCUT2D eigenvalue weighted by molar-refractivity contribution is -0.126. The molecule has 20 heavy (non-hydrogen) atoms. The van der Waals surface area contributed by atoms with Crippen molar-refractivity contribution < 1.29 is 9.90 Å². The standard InChI is InChI=1S/C16H24N2O2/c1-11-4-5-15(19)14(10-11)12(2)18-8-6-13(7-9-18)16(20)17-3/h4-5,10,12-13,19H,6-9H2,1-3H3,(H,17,20). The number of carbonyl (C=O) groups is 1. The minimum Gasteiger partial charge on any atom is -0.508 e. The number of rotatable bonds is 3. The number of phenols is 1. The van der Waals surface area contributed by atoms with Gasteiger partial charge in [0.2, 0.25) is 5.91 Å². The summed E-state index contributed by atoms with van der Waals surface area (Å²) in [6.45, 7) is 5.95. The Hall–Kier alpha value is -1.55. The summed E-state index contributed by atoms with van der Waals surface area (Å²) in [5, 5.41) is 12.8. The second kappa shape index (κ2) is 6.27. The molecule has 4 nitrogen and oxygen atoms in total. The van der Waals surface area contributed by atoms with E-state index in [0.29, 0.717) is 5.75 Å². The summed E-state index contributed by atoms with van der Waals surface area (Å²) in [5.41, 5.74) is 2.13. The highest BCUT2D eigenvalue weighted by atomic mass is 16.3. The highest BCUT2D eigenvalue weighted by Gasteiger charge is 2.27. The first-order valence-corrected chi connectivity index (χ1v) is 7.28. The third-order valence-electron chi connectivity index (χ3n) is 4.33. The Labute approximate surface area is 120 Å². The lowest BCUT2D eigenvalue weighted by atomic mass is 9.93. The molecule has 110 valence electrons. The number of aryl methyl sites for hydroxylation is 1. The van der Waals surface area contributed by atoms with Gasteiger partial charge in [-0.25, -0.2) is 0 Å². The molecule has 1 aliphatic rings. The molecule has 1 saturated heterocycles. The number of likely N-dealkylation sites (tertiary alicyclic amines) is 1. The van der Waals surface area contributed by atoms with Gasteiger partial charge in [0, 0.05) is 24.6 Å². The van der Waals surface area contributed by atoms with E-state index in [4.69, 9.17) is 0 Å². The van der Waals surface area contributed by atoms with Crippen LogP contribution in [0.5, 0.6) is 5.75 Å². The molecule has 2 N–H and O–H groups in total. The fourth-order valence-corrected chi connectivity index (χ4v) is 2.96. The summed E-state index contributed by atoms with van der Waals surface area (Å²) in [6, 6.07) is 5.91. The van der Waals surface area contributed by atoms with Gasteiger partial charge in [0.15, 0.2) is 0 Å². The van der Waals surface area contributed by atoms with Gasteiger partial charge in [-0.05, 0) is 45.8 Å². The van der Waals surface area contributed by atoms with Gasteiger partial charge in [0.25, 0.3) is 0 Å². The number of phenolic OH excluding ortho intramolecular Hbond substituents is 1. The Morgan fingerprint density at radius 1 is 1.40 bits per heavy atom. The van der Waals surface area contributed by atoms with Gasteiger partial charge >= 0.3 is 0 Å². The van der Waals surface area contributed by atoms with E-state index in [2.05, 4.69) is 17.1 Å². The van der Waals surface area contributed by atoms with Crippen LogP contribution in [0.15, 0.2) is 18.2 Å². The summed E-state index contributed by atoms with van der Waals surface area (Å²) in [6.07, 6.45) is 1.77. The number of nitrogens with zero attached hydrogens (tertiary/aromatic N) is 1. The van der Waals surface area contributed by atoms with E-state index in [9.17, 15) is 9.90 Å². The third-order valence-corrected chi connectivity index (χ3v) is 4.33. The average molecular weight is 276 g/mol. The zero-order chi connectivity index (χ0) is 14.7. The molecule has 1 amide bonds. The first kappa shape index (κ1) is 14.9. The SMILES string of the molecule is CNC(=O)C1CCN(C(C)c2cc(C)ccc2O)CC1. The third kappa shape index (κ3) is 3.12. The Morgan fingerprint density at radius 2 is 2.05 bits per heavy atom. The summed E-state index contributed by atoms with van der Waals surface area (Å²) in [4.78, 5) is 14.0. The number of carbonyl (C=O) groups excluding carboxylic acids is 1. The number of nitrogens with one attached hydrogen (secondary N) is 1. The topological polar surface area (TPSA) is 52.6 Å². The molecular weight excluding hydrogens is 252 g/mol. The van der Waals surface area contributed by atoms with Gasteiger partial charge in [0.05, 0.1) is 0 Å². The van der Waals surface area contributed by atoms with Crippen LogP contribution in [-0.2, 0) is 4.79 Å². The van der Waals surface area contributed by atoms with Gasteiger partial charge in [-0.3, -0.25) is 9.69 Å². The first-order chi connectivity index (χ1) is 9.52. The van der Waals surface area contributed by atoms with Crippen molar-refractivity contribution in [2.45, 2.75) is 32.7 Å². The van der Waals surface area contributed by atoms with Crippen LogP contribution in [0.1, 0.15) is 36.9 Å². The number of piperidine rings is 1. The van der Waals surface area contributed by atoms with Gasteiger partial charge in [0.1, 0.15) is 5.75 Å². The Balaban J connectivity index is 2.03. The van der Waals surface area contributed by atoms with Crippen LogP contribution in [0.2, 0.25) is 0 Å². The maximum absolute atomic E-state index is 11.6. The van der Waals surface area contributed by atoms with Crippen molar-refractivity contribution in [3.05, 3.63) is 29.3 Å². The summed E-state index contributed by atoms with van der Waals surface area (Å²) < 4.78 is 0. The molecule has 1 heterocycles. The van der Waals surface area contributed by atoms with Crippen molar-refractivity contribution in [2.24, 2.45) is 5.92 Å². The van der Waals surface area contributed by atoms with E-state index < -0.39 is 0 Å². The molecule has 1 aromatic rings. The predicted octanol–water partition coefficient (Wildman–Crippen LogP) is 2.22. The maximum atomic E-state index is 11.6. The molecule has 0 radical (unpaired) electrons. The Kier molecular flexibility index (Phi) is 4.65. The fraction of sp³-hybridized carbons (Fsp3) is 0.562. The van der Waals surface area contributed by atoms with E-state index in [1.165, 1.54) is 0 Å². The van der Waals surface area contributed by atoms with E-state index >= 15 is 0 Å². The van der Waals surface area contributed by atoms with Crippen molar-refractivity contribution in [3.63, 3.8) is 0 Å². The van der Waals surface area contributed by atoms with Crippen LogP contribution in [0.25, 0.3) is 0 Å². The van der Waals surface area contributed by atoms with Gasteiger partial charge in [-0.15, -0.1) is 0 Å². The fourth-order valence-electron chi connectivity index (χ4n) is 2.96. The quantitative estimate of drug-likeness (QED) is 0.890. The molecular formula is C16H24N2O2. The van der Waals surface area contributed by atoms with E-state index in [1.54, 1.807) is 13.1 Å². The Morgan fingerprint density at radius 3 is 2.65 bits per heavy atom. The molecule has 4 heteroatoms. The predicted molar refractivity (Wildman–Crippen MR) is 79.6 cm³/mol. The molecule has 0 bridgehead atoms. The summed E-state index contributed by atoms with van der Waals surface area (Å²) in [7, 11) is 1.70. The smallest absolute Gasteiger partial charge is 0.222 e. The van der Waals surface area contributed by atoms with Crippen LogP contribution >= 0.6 is 0 Å². The minimum atomic E-state index is 0.134. The number of amides is 1. The van der Waals surface area contributed by atoms with E-state index in [1.807, 2.05) is 19.1 Å². The lowest BCUT2D eigenvalue weighted by Gasteiger charge is -2.35. The molecule has 1 atom stereocenters. The molecule has 2 rings (SSSR count). The van der Waals surface area contributed by atoms with Gasteiger partial charge in [-0.1, -0.05) is 17.7 Å². The summed E-state index contributed by atoms with van der Waals surface area (Å²) in [5.74, 6) is 0.641.